The van der Waals surface area contributed by atoms with E-state index in [9.17, 15) is 18.0 Å². The lowest BCUT2D eigenvalue weighted by Crippen LogP contribution is -2.48. The second-order valence-electron chi connectivity index (χ2n) is 7.32. The fourth-order valence-electron chi connectivity index (χ4n) is 3.33. The number of hydrogen-bond acceptors (Lipinski definition) is 5. The number of ether oxygens (including phenoxy) is 1. The zero-order valence-corrected chi connectivity index (χ0v) is 17.9. The first-order chi connectivity index (χ1) is 14.1. The molecule has 2 amide bonds. The van der Waals surface area contributed by atoms with Crippen LogP contribution in [0, 0.1) is 0 Å². The highest BCUT2D eigenvalue weighted by Gasteiger charge is 2.32. The van der Waals surface area contributed by atoms with Crippen LogP contribution in [0.3, 0.4) is 0 Å². The summed E-state index contributed by atoms with van der Waals surface area (Å²) >= 11 is 0. The highest BCUT2D eigenvalue weighted by atomic mass is 32.2. The van der Waals surface area contributed by atoms with Gasteiger partial charge in [-0.25, -0.2) is 8.42 Å². The maximum absolute atomic E-state index is 12.9. The molecule has 1 aliphatic heterocycles. The molecule has 0 spiro atoms. The van der Waals surface area contributed by atoms with Crippen molar-refractivity contribution in [2.24, 2.45) is 0 Å². The second-order valence-corrected chi connectivity index (χ2v) is 9.26. The Kier molecular flexibility index (Phi) is 6.55. The van der Waals surface area contributed by atoms with Gasteiger partial charge < -0.3 is 15.4 Å². The lowest BCUT2D eigenvalue weighted by atomic mass is 10.2. The standard InChI is InChI=1S/C21H25N3O5S/c1-14-12-24(13-15(2)29-14)30(27,28)20-9-7-18(8-10-20)23-21(26)17-5-4-6-19(11-17)22-16(3)25/h4-11,14-15H,12-13H2,1-3H3,(H,22,25)(H,23,26)/t14-,15+. The highest BCUT2D eigenvalue weighted by molar-refractivity contribution is 7.89. The van der Waals surface area contributed by atoms with E-state index < -0.39 is 10.0 Å². The lowest BCUT2D eigenvalue weighted by Gasteiger charge is -2.34. The third-order valence-electron chi connectivity index (χ3n) is 4.58. The average molecular weight is 432 g/mol. The average Bonchev–Trinajstić information content (AvgIpc) is 2.67. The third kappa shape index (κ3) is 5.24. The zero-order valence-electron chi connectivity index (χ0n) is 17.1. The van der Waals surface area contributed by atoms with Crippen molar-refractivity contribution >= 4 is 33.2 Å². The van der Waals surface area contributed by atoms with Gasteiger partial charge in [-0.2, -0.15) is 4.31 Å². The Morgan fingerprint density at radius 3 is 2.20 bits per heavy atom. The Morgan fingerprint density at radius 2 is 1.60 bits per heavy atom. The molecule has 9 heteroatoms. The molecule has 8 nitrogen and oxygen atoms in total. The summed E-state index contributed by atoms with van der Waals surface area (Å²) < 4.78 is 32.8. The molecule has 2 aromatic rings. The molecule has 30 heavy (non-hydrogen) atoms. The van der Waals surface area contributed by atoms with E-state index in [4.69, 9.17) is 4.74 Å². The summed E-state index contributed by atoms with van der Waals surface area (Å²) in [5.74, 6) is -0.595. The van der Waals surface area contributed by atoms with E-state index in [1.807, 2.05) is 13.8 Å². The van der Waals surface area contributed by atoms with Crippen LogP contribution in [-0.2, 0) is 19.6 Å². The summed E-state index contributed by atoms with van der Waals surface area (Å²) in [6.07, 6.45) is -0.342. The number of rotatable bonds is 5. The largest absolute Gasteiger partial charge is 0.373 e. The van der Waals surface area contributed by atoms with Gasteiger partial charge in [-0.3, -0.25) is 9.59 Å². The van der Waals surface area contributed by atoms with E-state index in [0.29, 0.717) is 30.0 Å². The first-order valence-electron chi connectivity index (χ1n) is 9.60. The number of carbonyl (C=O) groups is 2. The van der Waals surface area contributed by atoms with Crippen molar-refractivity contribution in [1.82, 2.24) is 4.31 Å². The molecule has 2 atom stereocenters. The minimum atomic E-state index is -3.64. The van der Waals surface area contributed by atoms with E-state index in [-0.39, 0.29) is 28.9 Å². The second kappa shape index (κ2) is 8.95. The first-order valence-corrected chi connectivity index (χ1v) is 11.0. The molecule has 1 fully saturated rings. The quantitative estimate of drug-likeness (QED) is 0.757. The van der Waals surface area contributed by atoms with Crippen LogP contribution in [0.4, 0.5) is 11.4 Å². The molecule has 1 heterocycles. The maximum atomic E-state index is 12.9. The van der Waals surface area contributed by atoms with Gasteiger partial charge >= 0.3 is 0 Å². The maximum Gasteiger partial charge on any atom is 0.255 e. The van der Waals surface area contributed by atoms with Crippen LogP contribution in [0.5, 0.6) is 0 Å². The molecule has 0 aliphatic carbocycles. The fraction of sp³-hybridized carbons (Fsp3) is 0.333. The van der Waals surface area contributed by atoms with Crippen LogP contribution < -0.4 is 10.6 Å². The van der Waals surface area contributed by atoms with Crippen molar-refractivity contribution in [2.45, 2.75) is 37.9 Å². The number of anilines is 2. The van der Waals surface area contributed by atoms with Crippen LogP contribution in [0.15, 0.2) is 53.4 Å². The summed E-state index contributed by atoms with van der Waals surface area (Å²) in [6.45, 7) is 5.68. The van der Waals surface area contributed by atoms with Gasteiger partial charge in [-0.05, 0) is 56.3 Å². The molecule has 0 bridgehead atoms. The van der Waals surface area contributed by atoms with Crippen molar-refractivity contribution in [1.29, 1.82) is 0 Å². The van der Waals surface area contributed by atoms with Crippen LogP contribution in [0.2, 0.25) is 0 Å². The molecular weight excluding hydrogens is 406 g/mol. The SMILES string of the molecule is CC(=O)Nc1cccc(C(=O)Nc2ccc(S(=O)(=O)N3C[C@@H](C)O[C@@H](C)C3)cc2)c1. The van der Waals surface area contributed by atoms with Crippen molar-refractivity contribution in [3.05, 3.63) is 54.1 Å². The summed E-state index contributed by atoms with van der Waals surface area (Å²) in [5, 5.41) is 5.36. The van der Waals surface area contributed by atoms with E-state index in [0.717, 1.165) is 0 Å². The van der Waals surface area contributed by atoms with Gasteiger partial charge in [-0.15, -0.1) is 0 Å². The van der Waals surface area contributed by atoms with Crippen LogP contribution >= 0.6 is 0 Å². The summed E-state index contributed by atoms with van der Waals surface area (Å²) in [5.41, 5.74) is 1.35. The lowest BCUT2D eigenvalue weighted by molar-refractivity contribution is -0.114. The predicted octanol–water partition coefficient (Wildman–Crippen LogP) is 2.70. The normalized spacial score (nSPS) is 19.8. The molecule has 2 N–H and O–H groups in total. The van der Waals surface area contributed by atoms with Gasteiger partial charge in [0.15, 0.2) is 0 Å². The zero-order chi connectivity index (χ0) is 21.9. The third-order valence-corrected chi connectivity index (χ3v) is 6.43. The molecule has 1 aliphatic rings. The summed E-state index contributed by atoms with van der Waals surface area (Å²) in [4.78, 5) is 23.8. The smallest absolute Gasteiger partial charge is 0.255 e. The Bertz CT molecular complexity index is 1030. The number of morpholine rings is 1. The Balaban J connectivity index is 1.71. The number of sulfonamides is 1. The molecular formula is C21H25N3O5S. The molecule has 0 aromatic heterocycles. The Morgan fingerprint density at radius 1 is 0.967 bits per heavy atom. The minimum Gasteiger partial charge on any atom is -0.373 e. The van der Waals surface area contributed by atoms with E-state index in [1.165, 1.54) is 23.4 Å². The van der Waals surface area contributed by atoms with Crippen molar-refractivity contribution in [3.8, 4) is 0 Å². The van der Waals surface area contributed by atoms with Crippen LogP contribution in [0.1, 0.15) is 31.1 Å². The molecule has 160 valence electrons. The minimum absolute atomic E-state index is 0.162. The number of carbonyl (C=O) groups excluding carboxylic acids is 2. The van der Waals surface area contributed by atoms with E-state index in [1.54, 1.807) is 36.4 Å². The molecule has 1 saturated heterocycles. The Hall–Kier alpha value is -2.75. The molecule has 0 unspecified atom stereocenters. The molecule has 0 radical (unpaired) electrons. The first kappa shape index (κ1) is 21.9. The number of nitrogens with zero attached hydrogens (tertiary/aromatic N) is 1. The number of benzene rings is 2. The van der Waals surface area contributed by atoms with Gasteiger partial charge in [0, 0.05) is 37.0 Å². The molecule has 3 rings (SSSR count). The molecule has 0 saturated carbocycles. The van der Waals surface area contributed by atoms with Crippen LogP contribution in [0.25, 0.3) is 0 Å². The van der Waals surface area contributed by atoms with Gasteiger partial charge in [0.2, 0.25) is 15.9 Å². The van der Waals surface area contributed by atoms with E-state index >= 15 is 0 Å². The summed E-state index contributed by atoms with van der Waals surface area (Å²) in [7, 11) is -3.64. The fourth-order valence-corrected chi connectivity index (χ4v) is 4.92. The van der Waals surface area contributed by atoms with Crippen molar-refractivity contribution < 1.29 is 22.7 Å². The number of nitrogens with one attached hydrogen (secondary N) is 2. The summed E-state index contributed by atoms with van der Waals surface area (Å²) in [6, 6.07) is 12.6. The monoisotopic (exact) mass is 431 g/mol. The highest BCUT2D eigenvalue weighted by Crippen LogP contribution is 2.23. The number of amides is 2. The number of hydrogen-bond donors (Lipinski definition) is 2. The topological polar surface area (TPSA) is 105 Å². The molecule has 2 aromatic carbocycles. The van der Waals surface area contributed by atoms with Gasteiger partial charge in [0.1, 0.15) is 0 Å². The Labute approximate surface area is 176 Å². The van der Waals surface area contributed by atoms with E-state index in [2.05, 4.69) is 10.6 Å². The van der Waals surface area contributed by atoms with Gasteiger partial charge in [0.05, 0.1) is 17.1 Å². The van der Waals surface area contributed by atoms with Gasteiger partial charge in [-0.1, -0.05) is 6.07 Å². The van der Waals surface area contributed by atoms with Crippen LogP contribution in [-0.4, -0.2) is 49.8 Å². The van der Waals surface area contributed by atoms with Crippen molar-refractivity contribution in [2.75, 3.05) is 23.7 Å². The van der Waals surface area contributed by atoms with Crippen molar-refractivity contribution in [3.63, 3.8) is 0 Å². The van der Waals surface area contributed by atoms with Gasteiger partial charge in [0.25, 0.3) is 5.91 Å². The predicted molar refractivity (Wildman–Crippen MR) is 114 cm³/mol.